The fourth-order valence-corrected chi connectivity index (χ4v) is 11.0. The number of aliphatic hydroxyl groups is 1. The molecule has 0 aliphatic heterocycles. The highest BCUT2D eigenvalue weighted by Gasteiger charge is 2.65. The largest absolute Gasteiger partial charge is 0.393 e. The number of aliphatic hydroxyl groups excluding tert-OH is 1. The van der Waals surface area contributed by atoms with Crippen LogP contribution in [0.3, 0.4) is 0 Å². The van der Waals surface area contributed by atoms with Crippen molar-refractivity contribution >= 4 is 34.4 Å². The molecule has 1 aromatic carbocycles. The maximum atomic E-state index is 14.5. The van der Waals surface area contributed by atoms with Crippen molar-refractivity contribution in [2.24, 2.45) is 40.4 Å². The minimum Gasteiger partial charge on any atom is -0.393 e. The van der Waals surface area contributed by atoms with Gasteiger partial charge in [-0.15, -0.1) is 0 Å². The number of carbonyl (C=O) groups is 2. The molecule has 0 bridgehead atoms. The standard InChI is InChI=1S/C37H46N2O5S/c1-36-16-15-24(40)17-23(36)13-14-25-26-18-31(44-35(43-3)22-9-5-4-6-10-22)34(37(26,2)19-29(41)33(25)36)30(42)21-45-32-20-38-27-11-7-8-12-28(27)39-32/h7-8,11-12,15-17,20,22,25-26,29,31,33-35,41H,4-6,9-10,13-14,18-19,21H2,1-3H3/t25?,26?,29-,31+,33?,34?,35-,36?,37?/m0/s1. The number of carbonyl (C=O) groups excluding carboxylic acids is 2. The summed E-state index contributed by atoms with van der Waals surface area (Å²) < 4.78 is 12.9. The van der Waals surface area contributed by atoms with Gasteiger partial charge in [0.15, 0.2) is 12.1 Å². The Morgan fingerprint density at radius 3 is 2.69 bits per heavy atom. The van der Waals surface area contributed by atoms with Crippen LogP contribution < -0.4 is 0 Å². The predicted octanol–water partition coefficient (Wildman–Crippen LogP) is 6.73. The fraction of sp³-hybridized carbons (Fsp3) is 0.622. The van der Waals surface area contributed by atoms with Gasteiger partial charge in [0.25, 0.3) is 0 Å². The van der Waals surface area contributed by atoms with Gasteiger partial charge in [0, 0.05) is 24.4 Å². The summed E-state index contributed by atoms with van der Waals surface area (Å²) in [6.07, 6.45) is 15.0. The number of fused-ring (bicyclic) bond motifs is 6. The second-order valence-electron chi connectivity index (χ2n) is 14.6. The summed E-state index contributed by atoms with van der Waals surface area (Å²) in [5.74, 6) is 0.919. The van der Waals surface area contributed by atoms with Gasteiger partial charge < -0.3 is 14.6 Å². The Bertz CT molecular complexity index is 1520. The van der Waals surface area contributed by atoms with Crippen molar-refractivity contribution in [2.75, 3.05) is 12.9 Å². The third-order valence-electron chi connectivity index (χ3n) is 12.2. The van der Waals surface area contributed by atoms with E-state index in [1.807, 2.05) is 30.3 Å². The van der Waals surface area contributed by atoms with E-state index < -0.39 is 11.5 Å². The lowest BCUT2D eigenvalue weighted by Gasteiger charge is -2.58. The maximum absolute atomic E-state index is 14.5. The molecule has 0 radical (unpaired) electrons. The summed E-state index contributed by atoms with van der Waals surface area (Å²) in [5.41, 5.74) is 2.04. The molecule has 240 valence electrons. The van der Waals surface area contributed by atoms with Crippen LogP contribution in [0.4, 0.5) is 0 Å². The van der Waals surface area contributed by atoms with Gasteiger partial charge in [-0.3, -0.25) is 14.6 Å². The molecule has 1 N–H and O–H groups in total. The topological polar surface area (TPSA) is 98.6 Å². The van der Waals surface area contributed by atoms with Crippen LogP contribution in [0.5, 0.6) is 0 Å². The van der Waals surface area contributed by atoms with Crippen molar-refractivity contribution in [3.05, 3.63) is 54.3 Å². The van der Waals surface area contributed by atoms with Crippen LogP contribution >= 0.6 is 11.8 Å². The summed E-state index contributed by atoms with van der Waals surface area (Å²) in [6.45, 7) is 4.43. The normalized spacial score (nSPS) is 37.1. The molecule has 1 heterocycles. The van der Waals surface area contributed by atoms with Crippen molar-refractivity contribution in [3.8, 4) is 0 Å². The first-order valence-electron chi connectivity index (χ1n) is 16.9. The van der Waals surface area contributed by atoms with E-state index in [4.69, 9.17) is 14.5 Å². The number of aromatic nitrogens is 2. The van der Waals surface area contributed by atoms with Crippen LogP contribution in [0.1, 0.15) is 71.6 Å². The Morgan fingerprint density at radius 1 is 1.13 bits per heavy atom. The summed E-state index contributed by atoms with van der Waals surface area (Å²) in [5, 5.41) is 12.7. The lowest BCUT2D eigenvalue weighted by atomic mass is 9.46. The number of para-hydroxylation sites is 2. The lowest BCUT2D eigenvalue weighted by Crippen LogP contribution is -2.56. The average molecular weight is 631 g/mol. The molecule has 2 aromatic rings. The van der Waals surface area contributed by atoms with Crippen molar-refractivity contribution in [3.63, 3.8) is 0 Å². The maximum Gasteiger partial charge on any atom is 0.178 e. The molecule has 45 heavy (non-hydrogen) atoms. The number of benzene rings is 1. The molecule has 0 amide bonds. The quantitative estimate of drug-likeness (QED) is 0.253. The Labute approximate surface area is 270 Å². The van der Waals surface area contributed by atoms with Crippen molar-refractivity contribution < 1.29 is 24.2 Å². The second-order valence-corrected chi connectivity index (χ2v) is 15.6. The average Bonchev–Trinajstić information content (AvgIpc) is 3.34. The predicted molar refractivity (Wildman–Crippen MR) is 174 cm³/mol. The SMILES string of the molecule is CO[C@@H](O[C@@H]1CC2C3CCC4=CC(=O)C=CC4(C)C3[C@@H](O)CC2(C)C1C(=O)CSc1cnc2ccccc2n1)C1CCCCC1. The summed E-state index contributed by atoms with van der Waals surface area (Å²) in [7, 11) is 1.74. The Kier molecular flexibility index (Phi) is 8.55. The first-order valence-corrected chi connectivity index (χ1v) is 17.9. The molecule has 7 rings (SSSR count). The molecule has 1 aromatic heterocycles. The Morgan fingerprint density at radius 2 is 1.91 bits per heavy atom. The second kappa shape index (κ2) is 12.3. The van der Waals surface area contributed by atoms with Gasteiger partial charge in [0.2, 0.25) is 0 Å². The number of hydrogen-bond acceptors (Lipinski definition) is 8. The van der Waals surface area contributed by atoms with Gasteiger partial charge in [-0.1, -0.05) is 68.7 Å². The van der Waals surface area contributed by atoms with Crippen LogP contribution in [0.25, 0.3) is 11.0 Å². The van der Waals surface area contributed by atoms with Crippen LogP contribution in [0, 0.1) is 40.4 Å². The van der Waals surface area contributed by atoms with Crippen LogP contribution in [-0.2, 0) is 19.1 Å². The highest BCUT2D eigenvalue weighted by atomic mass is 32.2. The highest BCUT2D eigenvalue weighted by Crippen LogP contribution is 2.66. The monoisotopic (exact) mass is 630 g/mol. The van der Waals surface area contributed by atoms with Gasteiger partial charge in [0.05, 0.1) is 41.1 Å². The van der Waals surface area contributed by atoms with Gasteiger partial charge in [-0.25, -0.2) is 4.98 Å². The zero-order valence-corrected chi connectivity index (χ0v) is 27.5. The smallest absolute Gasteiger partial charge is 0.178 e. The molecular formula is C37H46N2O5S. The zero-order valence-electron chi connectivity index (χ0n) is 26.7. The number of thioether (sulfide) groups is 1. The van der Waals surface area contributed by atoms with E-state index in [2.05, 4.69) is 18.8 Å². The number of hydrogen-bond donors (Lipinski definition) is 1. The minimum atomic E-state index is -0.576. The van der Waals surface area contributed by atoms with E-state index in [1.165, 1.54) is 31.0 Å². The lowest BCUT2D eigenvalue weighted by molar-refractivity contribution is -0.199. The summed E-state index contributed by atoms with van der Waals surface area (Å²) >= 11 is 1.44. The summed E-state index contributed by atoms with van der Waals surface area (Å²) in [6, 6.07) is 7.78. The molecule has 0 spiro atoms. The van der Waals surface area contributed by atoms with Crippen LogP contribution in [0.15, 0.2) is 59.3 Å². The third-order valence-corrected chi connectivity index (χ3v) is 13.1. The van der Waals surface area contributed by atoms with Crippen LogP contribution in [-0.4, -0.2) is 58.0 Å². The van der Waals surface area contributed by atoms with E-state index in [0.717, 1.165) is 53.7 Å². The first-order chi connectivity index (χ1) is 21.7. The fourth-order valence-electron chi connectivity index (χ4n) is 10.2. The van der Waals surface area contributed by atoms with Crippen molar-refractivity contribution in [2.45, 2.75) is 95.2 Å². The molecule has 7 nitrogen and oxygen atoms in total. The number of nitrogens with zero attached hydrogens (tertiary/aromatic N) is 2. The van der Waals surface area contributed by atoms with Crippen LogP contribution in [0.2, 0.25) is 0 Å². The van der Waals surface area contributed by atoms with E-state index >= 15 is 0 Å². The number of ether oxygens (including phenoxy) is 2. The molecule has 0 saturated heterocycles. The van der Waals surface area contributed by atoms with E-state index in [1.54, 1.807) is 25.5 Å². The summed E-state index contributed by atoms with van der Waals surface area (Å²) in [4.78, 5) is 36.1. The minimum absolute atomic E-state index is 0.00763. The highest BCUT2D eigenvalue weighted by molar-refractivity contribution is 7.99. The molecular weight excluding hydrogens is 584 g/mol. The Balaban J connectivity index is 1.18. The number of rotatable bonds is 8. The number of methoxy groups -OCH3 is 1. The molecule has 5 aliphatic carbocycles. The third kappa shape index (κ3) is 5.53. The molecule has 4 fully saturated rings. The van der Waals surface area contributed by atoms with Gasteiger partial charge >= 0.3 is 0 Å². The number of Topliss-reactive ketones (excluding diaryl/α,β-unsaturated/α-hetero) is 1. The molecule has 9 atom stereocenters. The van der Waals surface area contributed by atoms with Crippen molar-refractivity contribution in [1.29, 1.82) is 0 Å². The van der Waals surface area contributed by atoms with Gasteiger partial charge in [-0.2, -0.15) is 0 Å². The molecule has 6 unspecified atom stereocenters. The zero-order chi connectivity index (χ0) is 31.3. The number of allylic oxidation sites excluding steroid dienone is 4. The van der Waals surface area contributed by atoms with Gasteiger partial charge in [-0.05, 0) is 80.1 Å². The van der Waals surface area contributed by atoms with E-state index in [0.29, 0.717) is 12.3 Å². The molecule has 4 saturated carbocycles. The molecule has 8 heteroatoms. The van der Waals surface area contributed by atoms with Gasteiger partial charge in [0.1, 0.15) is 10.8 Å². The number of ketones is 2. The van der Waals surface area contributed by atoms with E-state index in [9.17, 15) is 14.7 Å². The van der Waals surface area contributed by atoms with E-state index in [-0.39, 0.29) is 58.8 Å². The Hall–Kier alpha value is -2.39. The molecule has 5 aliphatic rings. The first kappa shape index (κ1) is 31.2. The van der Waals surface area contributed by atoms with Crippen molar-refractivity contribution in [1.82, 2.24) is 9.97 Å².